The zero-order chi connectivity index (χ0) is 18.7. The minimum atomic E-state index is 0.0497. The SMILES string of the molecule is COc1cccc2c1nc(N)n1nc(C(=O)CCCCCC(C)C)cc21. The van der Waals surface area contributed by atoms with Gasteiger partial charge in [0.25, 0.3) is 0 Å². The van der Waals surface area contributed by atoms with Crippen molar-refractivity contribution in [2.75, 3.05) is 12.8 Å². The molecule has 0 saturated carbocycles. The first-order valence-corrected chi connectivity index (χ1v) is 9.16. The van der Waals surface area contributed by atoms with E-state index in [2.05, 4.69) is 23.9 Å². The van der Waals surface area contributed by atoms with Crippen LogP contribution in [0.2, 0.25) is 0 Å². The second-order valence-corrected chi connectivity index (χ2v) is 7.07. The maximum Gasteiger partial charge on any atom is 0.222 e. The van der Waals surface area contributed by atoms with E-state index < -0.39 is 0 Å². The van der Waals surface area contributed by atoms with Crippen LogP contribution >= 0.6 is 0 Å². The van der Waals surface area contributed by atoms with Crippen molar-refractivity contribution >= 4 is 28.2 Å². The number of carbonyl (C=O) groups excluding carboxylic acids is 1. The molecule has 6 nitrogen and oxygen atoms in total. The minimum absolute atomic E-state index is 0.0497. The highest BCUT2D eigenvalue weighted by Crippen LogP contribution is 2.28. The third-order valence-electron chi connectivity index (χ3n) is 4.62. The van der Waals surface area contributed by atoms with Crippen LogP contribution in [0.3, 0.4) is 0 Å². The van der Waals surface area contributed by atoms with E-state index in [4.69, 9.17) is 10.5 Å². The van der Waals surface area contributed by atoms with E-state index >= 15 is 0 Å². The minimum Gasteiger partial charge on any atom is -0.494 e. The van der Waals surface area contributed by atoms with E-state index in [1.807, 2.05) is 18.2 Å². The van der Waals surface area contributed by atoms with Gasteiger partial charge in [-0.1, -0.05) is 45.2 Å². The molecule has 0 saturated heterocycles. The van der Waals surface area contributed by atoms with E-state index in [9.17, 15) is 4.79 Å². The maximum atomic E-state index is 12.5. The Hall–Kier alpha value is -2.63. The summed E-state index contributed by atoms with van der Waals surface area (Å²) in [5, 5.41) is 5.25. The summed E-state index contributed by atoms with van der Waals surface area (Å²) < 4.78 is 6.90. The lowest BCUT2D eigenvalue weighted by Gasteiger charge is -2.07. The van der Waals surface area contributed by atoms with Crippen molar-refractivity contribution in [1.82, 2.24) is 14.6 Å². The Morgan fingerprint density at radius 2 is 2.08 bits per heavy atom. The Balaban J connectivity index is 1.83. The van der Waals surface area contributed by atoms with E-state index in [0.717, 1.165) is 30.2 Å². The molecule has 0 unspecified atom stereocenters. The molecule has 6 heteroatoms. The van der Waals surface area contributed by atoms with Gasteiger partial charge in [-0.2, -0.15) is 9.61 Å². The highest BCUT2D eigenvalue weighted by atomic mass is 16.5. The summed E-state index contributed by atoms with van der Waals surface area (Å²) in [6.45, 7) is 4.44. The Morgan fingerprint density at radius 1 is 1.27 bits per heavy atom. The zero-order valence-corrected chi connectivity index (χ0v) is 15.7. The quantitative estimate of drug-likeness (QED) is 0.483. The molecule has 26 heavy (non-hydrogen) atoms. The van der Waals surface area contributed by atoms with Crippen LogP contribution in [-0.4, -0.2) is 27.5 Å². The molecule has 0 radical (unpaired) electrons. The van der Waals surface area contributed by atoms with Crippen molar-refractivity contribution in [3.05, 3.63) is 30.0 Å². The fourth-order valence-electron chi connectivity index (χ4n) is 3.20. The van der Waals surface area contributed by atoms with Crippen molar-refractivity contribution in [1.29, 1.82) is 0 Å². The molecule has 0 amide bonds. The van der Waals surface area contributed by atoms with Crippen molar-refractivity contribution in [3.63, 3.8) is 0 Å². The van der Waals surface area contributed by atoms with Crippen molar-refractivity contribution in [2.24, 2.45) is 5.92 Å². The lowest BCUT2D eigenvalue weighted by atomic mass is 10.0. The molecule has 0 fully saturated rings. The lowest BCUT2D eigenvalue weighted by Crippen LogP contribution is -2.05. The molecule has 1 aromatic carbocycles. The van der Waals surface area contributed by atoms with Crippen LogP contribution in [0, 0.1) is 5.92 Å². The summed E-state index contributed by atoms with van der Waals surface area (Å²) in [5.41, 5.74) is 7.94. The highest BCUT2D eigenvalue weighted by molar-refractivity contribution is 6.01. The molecule has 3 rings (SSSR count). The molecule has 0 spiro atoms. The summed E-state index contributed by atoms with van der Waals surface area (Å²) in [6.07, 6.45) is 4.84. The molecule has 0 bridgehead atoms. The number of ketones is 1. The molecule has 0 atom stereocenters. The van der Waals surface area contributed by atoms with Crippen molar-refractivity contribution < 1.29 is 9.53 Å². The first kappa shape index (κ1) is 18.2. The molecule has 2 heterocycles. The second-order valence-electron chi connectivity index (χ2n) is 7.07. The lowest BCUT2D eigenvalue weighted by molar-refractivity contribution is 0.0974. The topological polar surface area (TPSA) is 82.5 Å². The van der Waals surface area contributed by atoms with Crippen LogP contribution in [0.4, 0.5) is 5.95 Å². The molecular formula is C20H26N4O2. The van der Waals surface area contributed by atoms with E-state index in [1.165, 1.54) is 10.9 Å². The number of anilines is 1. The van der Waals surface area contributed by atoms with Crippen molar-refractivity contribution in [2.45, 2.75) is 46.0 Å². The van der Waals surface area contributed by atoms with Gasteiger partial charge in [0.15, 0.2) is 5.78 Å². The number of unbranched alkanes of at least 4 members (excludes halogenated alkanes) is 2. The van der Waals surface area contributed by atoms with Gasteiger partial charge in [-0.3, -0.25) is 4.79 Å². The van der Waals surface area contributed by atoms with Gasteiger partial charge in [-0.15, -0.1) is 0 Å². The number of hydrogen-bond acceptors (Lipinski definition) is 5. The summed E-state index contributed by atoms with van der Waals surface area (Å²) in [7, 11) is 1.60. The van der Waals surface area contributed by atoms with Crippen LogP contribution in [0.1, 0.15) is 56.4 Å². The summed E-state index contributed by atoms with van der Waals surface area (Å²) >= 11 is 0. The number of ether oxygens (including phenoxy) is 1. The number of nitrogen functional groups attached to an aromatic ring is 1. The predicted molar refractivity (Wildman–Crippen MR) is 104 cm³/mol. The summed E-state index contributed by atoms with van der Waals surface area (Å²) in [6, 6.07) is 7.46. The van der Waals surface area contributed by atoms with Crippen LogP contribution in [0.5, 0.6) is 5.75 Å². The van der Waals surface area contributed by atoms with E-state index in [1.54, 1.807) is 13.2 Å². The van der Waals surface area contributed by atoms with Crippen LogP contribution < -0.4 is 10.5 Å². The smallest absolute Gasteiger partial charge is 0.222 e. The van der Waals surface area contributed by atoms with Gasteiger partial charge in [0, 0.05) is 11.8 Å². The third kappa shape index (κ3) is 3.64. The van der Waals surface area contributed by atoms with Gasteiger partial charge in [-0.25, -0.2) is 4.98 Å². The van der Waals surface area contributed by atoms with Crippen LogP contribution in [0.25, 0.3) is 16.4 Å². The largest absolute Gasteiger partial charge is 0.494 e. The molecule has 0 aliphatic carbocycles. The molecule has 138 valence electrons. The first-order chi connectivity index (χ1) is 12.5. The Morgan fingerprint density at radius 3 is 2.81 bits per heavy atom. The Bertz CT molecular complexity index is 930. The number of hydrogen-bond donors (Lipinski definition) is 1. The van der Waals surface area contributed by atoms with Gasteiger partial charge >= 0.3 is 0 Å². The number of nitrogens with zero attached hydrogens (tertiary/aromatic N) is 3. The fraction of sp³-hybridized carbons (Fsp3) is 0.450. The number of para-hydroxylation sites is 1. The number of methoxy groups -OCH3 is 1. The number of rotatable bonds is 8. The average Bonchev–Trinajstić information content (AvgIpc) is 3.07. The van der Waals surface area contributed by atoms with Gasteiger partial charge in [-0.05, 0) is 24.5 Å². The predicted octanol–water partition coefficient (Wildman–Crippen LogP) is 4.26. The fourth-order valence-corrected chi connectivity index (χ4v) is 3.20. The summed E-state index contributed by atoms with van der Waals surface area (Å²) in [5.74, 6) is 1.66. The average molecular weight is 354 g/mol. The van der Waals surface area contributed by atoms with Crippen LogP contribution in [-0.2, 0) is 0 Å². The molecule has 3 aromatic rings. The number of Topliss-reactive ketones (excluding diaryl/α,β-unsaturated/α-hetero) is 1. The normalized spacial score (nSPS) is 11.5. The van der Waals surface area contributed by atoms with E-state index in [0.29, 0.717) is 29.3 Å². The third-order valence-corrected chi connectivity index (χ3v) is 4.62. The number of nitrogens with two attached hydrogens (primary N) is 1. The van der Waals surface area contributed by atoms with Crippen molar-refractivity contribution in [3.8, 4) is 5.75 Å². The number of benzene rings is 1. The van der Waals surface area contributed by atoms with E-state index in [-0.39, 0.29) is 11.7 Å². The Kier molecular flexibility index (Phi) is 5.40. The number of aromatic nitrogens is 3. The molecule has 0 aliphatic rings. The first-order valence-electron chi connectivity index (χ1n) is 9.16. The molecule has 2 aromatic heterocycles. The van der Waals surface area contributed by atoms with Gasteiger partial charge in [0.2, 0.25) is 5.95 Å². The van der Waals surface area contributed by atoms with Gasteiger partial charge in [0.1, 0.15) is 17.0 Å². The molecule has 2 N–H and O–H groups in total. The highest BCUT2D eigenvalue weighted by Gasteiger charge is 2.16. The standard InChI is InChI=1S/C20H26N4O2/c1-13(2)8-5-4-6-10-17(25)15-12-16-14-9-7-11-18(26-3)19(14)22-20(21)24(16)23-15/h7,9,11-13H,4-6,8,10H2,1-3H3,(H2,21,22). The zero-order valence-electron chi connectivity index (χ0n) is 15.7. The molecular weight excluding hydrogens is 328 g/mol. The Labute approximate surface area is 153 Å². The van der Waals surface area contributed by atoms with Gasteiger partial charge in [0.05, 0.1) is 12.6 Å². The monoisotopic (exact) mass is 354 g/mol. The molecule has 0 aliphatic heterocycles. The number of fused-ring (bicyclic) bond motifs is 3. The maximum absolute atomic E-state index is 12.5. The second kappa shape index (κ2) is 7.72. The van der Waals surface area contributed by atoms with Crippen LogP contribution in [0.15, 0.2) is 24.3 Å². The summed E-state index contributed by atoms with van der Waals surface area (Å²) in [4.78, 5) is 16.9. The van der Waals surface area contributed by atoms with Gasteiger partial charge < -0.3 is 10.5 Å². The number of carbonyl (C=O) groups is 1.